The molecule has 1 aliphatic rings. The van der Waals surface area contributed by atoms with E-state index in [0.717, 1.165) is 53.0 Å². The van der Waals surface area contributed by atoms with Gasteiger partial charge in [-0.25, -0.2) is 4.98 Å². The lowest BCUT2D eigenvalue weighted by atomic mass is 9.97. The second-order valence-corrected chi connectivity index (χ2v) is 7.72. The second kappa shape index (κ2) is 7.75. The number of pyridine rings is 1. The maximum absolute atomic E-state index is 13.3. The van der Waals surface area contributed by atoms with Gasteiger partial charge in [0.1, 0.15) is 5.82 Å². The number of hydrogen-bond donors (Lipinski definition) is 0. The van der Waals surface area contributed by atoms with Gasteiger partial charge in [0.25, 0.3) is 5.91 Å². The summed E-state index contributed by atoms with van der Waals surface area (Å²) < 4.78 is 2.30. The average molecular weight is 396 g/mol. The van der Waals surface area contributed by atoms with E-state index in [1.807, 2.05) is 35.2 Å². The predicted molar refractivity (Wildman–Crippen MR) is 118 cm³/mol. The number of carbonyl (C=O) groups excluding carboxylic acids is 1. The van der Waals surface area contributed by atoms with Crippen molar-refractivity contribution in [1.29, 1.82) is 0 Å². The lowest BCUT2D eigenvalue weighted by Crippen LogP contribution is -2.27. The van der Waals surface area contributed by atoms with Gasteiger partial charge in [-0.05, 0) is 47.4 Å². The lowest BCUT2D eigenvalue weighted by molar-refractivity contribution is 0.0780. The van der Waals surface area contributed by atoms with E-state index in [1.54, 1.807) is 12.4 Å². The zero-order valence-electron chi connectivity index (χ0n) is 17.1. The third-order valence-electron chi connectivity index (χ3n) is 5.79. The highest BCUT2D eigenvalue weighted by Gasteiger charge is 2.30. The summed E-state index contributed by atoms with van der Waals surface area (Å²) >= 11 is 0. The van der Waals surface area contributed by atoms with E-state index in [-0.39, 0.29) is 5.91 Å². The zero-order valence-corrected chi connectivity index (χ0v) is 17.1. The Labute approximate surface area is 176 Å². The van der Waals surface area contributed by atoms with E-state index in [2.05, 4.69) is 40.7 Å². The molecule has 0 spiro atoms. The summed E-state index contributed by atoms with van der Waals surface area (Å²) in [5.41, 5.74) is 6.13. The van der Waals surface area contributed by atoms with Crippen molar-refractivity contribution in [3.8, 4) is 11.1 Å². The van der Waals surface area contributed by atoms with Gasteiger partial charge in [0.15, 0.2) is 0 Å². The average Bonchev–Trinajstić information content (AvgIpc) is 3.30. The molecule has 0 saturated heterocycles. The third kappa shape index (κ3) is 3.16. The van der Waals surface area contributed by atoms with Gasteiger partial charge >= 0.3 is 0 Å². The summed E-state index contributed by atoms with van der Waals surface area (Å²) in [4.78, 5) is 24.2. The van der Waals surface area contributed by atoms with Crippen molar-refractivity contribution >= 4 is 16.9 Å². The van der Waals surface area contributed by atoms with Crippen LogP contribution in [0.2, 0.25) is 0 Å². The molecule has 150 valence electrons. The largest absolute Gasteiger partial charge is 0.334 e. The van der Waals surface area contributed by atoms with Gasteiger partial charge in [-0.1, -0.05) is 37.3 Å². The number of fused-ring (bicyclic) bond motifs is 2. The molecule has 0 fully saturated rings. The first-order chi connectivity index (χ1) is 14.8. The fourth-order valence-electron chi connectivity index (χ4n) is 4.40. The summed E-state index contributed by atoms with van der Waals surface area (Å²) in [5, 5.41) is 0. The van der Waals surface area contributed by atoms with Gasteiger partial charge in [0.05, 0.1) is 16.6 Å². The van der Waals surface area contributed by atoms with Crippen LogP contribution in [0, 0.1) is 0 Å². The van der Waals surface area contributed by atoms with Crippen molar-refractivity contribution in [3.63, 3.8) is 0 Å². The molecule has 2 aromatic carbocycles. The van der Waals surface area contributed by atoms with E-state index in [4.69, 9.17) is 4.98 Å². The minimum absolute atomic E-state index is 0.107. The van der Waals surface area contributed by atoms with Crippen LogP contribution in [-0.4, -0.2) is 31.9 Å². The number of imidazole rings is 1. The van der Waals surface area contributed by atoms with Crippen LogP contribution < -0.4 is 0 Å². The molecule has 4 aromatic rings. The summed E-state index contributed by atoms with van der Waals surface area (Å²) in [6, 6.07) is 18.3. The highest BCUT2D eigenvalue weighted by molar-refractivity contribution is 6.04. The molecule has 0 N–H and O–H groups in total. The molecular formula is C25H24N4O. The number of aromatic nitrogens is 3. The number of amides is 1. The van der Waals surface area contributed by atoms with Gasteiger partial charge in [0.2, 0.25) is 0 Å². The van der Waals surface area contributed by atoms with Crippen LogP contribution in [0.5, 0.6) is 0 Å². The number of rotatable bonds is 6. The fraction of sp³-hybridized carbons (Fsp3) is 0.240. The second-order valence-electron chi connectivity index (χ2n) is 7.72. The maximum atomic E-state index is 13.3. The van der Waals surface area contributed by atoms with Crippen LogP contribution in [0.1, 0.15) is 35.1 Å². The molecule has 0 bridgehead atoms. The van der Waals surface area contributed by atoms with E-state index in [9.17, 15) is 4.79 Å². The highest BCUT2D eigenvalue weighted by atomic mass is 16.2. The van der Waals surface area contributed by atoms with Crippen LogP contribution in [0.3, 0.4) is 0 Å². The topological polar surface area (TPSA) is 51.0 Å². The molecule has 5 nitrogen and oxygen atoms in total. The molecule has 5 heteroatoms. The van der Waals surface area contributed by atoms with Crippen LogP contribution in [-0.2, 0) is 19.5 Å². The molecule has 0 saturated carbocycles. The Balaban J connectivity index is 1.40. The van der Waals surface area contributed by atoms with E-state index < -0.39 is 0 Å². The highest BCUT2D eigenvalue weighted by Crippen LogP contribution is 2.32. The van der Waals surface area contributed by atoms with Crippen LogP contribution in [0.15, 0.2) is 67.0 Å². The molecule has 3 heterocycles. The quantitative estimate of drug-likeness (QED) is 0.474. The van der Waals surface area contributed by atoms with Crippen LogP contribution in [0.4, 0.5) is 0 Å². The minimum Gasteiger partial charge on any atom is -0.334 e. The minimum atomic E-state index is 0.107. The Morgan fingerprint density at radius 1 is 0.967 bits per heavy atom. The van der Waals surface area contributed by atoms with Gasteiger partial charge < -0.3 is 9.47 Å². The first kappa shape index (κ1) is 18.6. The number of carbonyl (C=O) groups is 1. The zero-order chi connectivity index (χ0) is 20.5. The Morgan fingerprint density at radius 2 is 1.80 bits per heavy atom. The lowest BCUT2D eigenvalue weighted by Gasteiger charge is -2.16. The third-order valence-corrected chi connectivity index (χ3v) is 5.79. The molecule has 0 radical (unpaired) electrons. The van der Waals surface area contributed by atoms with Crippen LogP contribution >= 0.6 is 0 Å². The molecule has 0 aliphatic carbocycles. The monoisotopic (exact) mass is 396 g/mol. The van der Waals surface area contributed by atoms with Crippen molar-refractivity contribution in [2.75, 3.05) is 6.54 Å². The standard InChI is InChI=1S/C25H24N4O/c1-2-15-29-22-9-4-3-8-21(22)27-23(29)12-16-28-17-19-6-5-7-20(24(19)25(28)30)18-10-13-26-14-11-18/h3-11,13-14H,2,12,15-17H2,1H3. The molecule has 0 atom stereocenters. The van der Waals surface area contributed by atoms with Crippen molar-refractivity contribution in [2.24, 2.45) is 0 Å². The summed E-state index contributed by atoms with van der Waals surface area (Å²) in [6.07, 6.45) is 5.34. The van der Waals surface area contributed by atoms with Gasteiger partial charge in [-0.15, -0.1) is 0 Å². The first-order valence-corrected chi connectivity index (χ1v) is 10.5. The Hall–Kier alpha value is -3.47. The van der Waals surface area contributed by atoms with Gasteiger partial charge in [-0.2, -0.15) is 0 Å². The summed E-state index contributed by atoms with van der Waals surface area (Å²) in [7, 11) is 0. The Morgan fingerprint density at radius 3 is 2.63 bits per heavy atom. The van der Waals surface area contributed by atoms with Crippen LogP contribution in [0.25, 0.3) is 22.2 Å². The van der Waals surface area contributed by atoms with Crippen molar-refractivity contribution in [1.82, 2.24) is 19.4 Å². The fourth-order valence-corrected chi connectivity index (χ4v) is 4.40. The summed E-state index contributed by atoms with van der Waals surface area (Å²) in [5.74, 6) is 1.16. The number of nitrogens with zero attached hydrogens (tertiary/aromatic N) is 4. The molecule has 1 amide bonds. The maximum Gasteiger partial charge on any atom is 0.255 e. The number of hydrogen-bond acceptors (Lipinski definition) is 3. The van der Waals surface area contributed by atoms with Gasteiger partial charge in [-0.3, -0.25) is 9.78 Å². The van der Waals surface area contributed by atoms with Crippen molar-refractivity contribution < 1.29 is 4.79 Å². The smallest absolute Gasteiger partial charge is 0.255 e. The summed E-state index contributed by atoms with van der Waals surface area (Å²) in [6.45, 7) is 4.44. The Kier molecular flexibility index (Phi) is 4.79. The molecular weight excluding hydrogens is 372 g/mol. The Bertz CT molecular complexity index is 1210. The molecule has 5 rings (SSSR count). The number of aryl methyl sites for hydroxylation is 1. The van der Waals surface area contributed by atoms with Crippen molar-refractivity contribution in [3.05, 3.63) is 83.9 Å². The van der Waals surface area contributed by atoms with E-state index in [1.165, 1.54) is 5.52 Å². The first-order valence-electron chi connectivity index (χ1n) is 10.5. The van der Waals surface area contributed by atoms with E-state index in [0.29, 0.717) is 13.1 Å². The predicted octanol–water partition coefficient (Wildman–Crippen LogP) is 4.71. The number of benzene rings is 2. The molecule has 1 aliphatic heterocycles. The normalized spacial score (nSPS) is 13.2. The number of para-hydroxylation sites is 2. The molecule has 2 aromatic heterocycles. The molecule has 30 heavy (non-hydrogen) atoms. The van der Waals surface area contributed by atoms with E-state index >= 15 is 0 Å². The van der Waals surface area contributed by atoms with Crippen molar-refractivity contribution in [2.45, 2.75) is 32.9 Å². The molecule has 0 unspecified atom stereocenters. The van der Waals surface area contributed by atoms with Gasteiger partial charge in [0, 0.05) is 38.4 Å². The SMILES string of the molecule is CCCn1c(CCN2Cc3cccc(-c4ccncc4)c3C2=O)nc2ccccc21.